The first-order valence-corrected chi connectivity index (χ1v) is 12.4. The van der Waals surface area contributed by atoms with Crippen LogP contribution in [0.4, 0.5) is 4.79 Å². The highest BCUT2D eigenvalue weighted by atomic mass is 35.5. The lowest BCUT2D eigenvalue weighted by atomic mass is 9.84. The second kappa shape index (κ2) is 9.57. The van der Waals surface area contributed by atoms with Gasteiger partial charge in [-0.25, -0.2) is 9.89 Å². The van der Waals surface area contributed by atoms with Gasteiger partial charge in [0, 0.05) is 24.1 Å². The smallest absolute Gasteiger partial charge is 0.315 e. The van der Waals surface area contributed by atoms with Crippen LogP contribution in [0.1, 0.15) is 12.5 Å². The van der Waals surface area contributed by atoms with Crippen LogP contribution in [0.2, 0.25) is 10.0 Å². The average Bonchev–Trinajstić information content (AvgIpc) is 3.30. The van der Waals surface area contributed by atoms with Crippen LogP contribution in [0.25, 0.3) is 0 Å². The lowest BCUT2D eigenvalue weighted by Gasteiger charge is -2.54. The number of benzene rings is 1. The van der Waals surface area contributed by atoms with Crippen LogP contribution in [-0.2, 0) is 16.1 Å². The number of thioether (sulfide) groups is 2. The zero-order valence-electron chi connectivity index (χ0n) is 17.1. The molecule has 0 spiro atoms. The molecule has 11 nitrogen and oxygen atoms in total. The molecule has 4 atom stereocenters. The molecule has 1 aromatic heterocycles. The van der Waals surface area contributed by atoms with Crippen molar-refractivity contribution in [3.05, 3.63) is 33.8 Å². The molecule has 0 aliphatic carbocycles. The van der Waals surface area contributed by atoms with Gasteiger partial charge in [-0.3, -0.25) is 9.59 Å². The molecular formula is C18H19Cl2N7O4S2. The number of aliphatic carboxylic acids is 1. The molecule has 2 fully saturated rings. The van der Waals surface area contributed by atoms with Gasteiger partial charge in [-0.1, -0.05) is 48.0 Å². The third-order valence-corrected chi connectivity index (χ3v) is 9.14. The molecule has 4 rings (SSSR count). The van der Waals surface area contributed by atoms with Gasteiger partial charge in [-0.15, -0.1) is 16.9 Å². The number of tetrazole rings is 1. The van der Waals surface area contributed by atoms with Gasteiger partial charge in [-0.2, -0.15) is 0 Å². The minimum atomic E-state index is -1.19. The number of urea groups is 1. The Morgan fingerprint density at radius 3 is 2.88 bits per heavy atom. The van der Waals surface area contributed by atoms with Gasteiger partial charge in [0.25, 0.3) is 0 Å². The molecule has 176 valence electrons. The minimum absolute atomic E-state index is 0.0393. The van der Waals surface area contributed by atoms with Gasteiger partial charge in [0.1, 0.15) is 16.8 Å². The van der Waals surface area contributed by atoms with Gasteiger partial charge in [0.05, 0.1) is 10.0 Å². The summed E-state index contributed by atoms with van der Waals surface area (Å²) in [4.78, 5) is 38.8. The van der Waals surface area contributed by atoms with Crippen molar-refractivity contribution in [2.24, 2.45) is 5.41 Å². The third kappa shape index (κ3) is 4.72. The Balaban J connectivity index is 1.34. The minimum Gasteiger partial charge on any atom is -0.481 e. The van der Waals surface area contributed by atoms with E-state index >= 15 is 0 Å². The molecule has 1 aromatic carbocycles. The van der Waals surface area contributed by atoms with Crippen LogP contribution in [0.3, 0.4) is 0 Å². The number of halogens is 2. The Hall–Kier alpha value is -2.22. The number of amides is 3. The SMILES string of the molecule is CC(Sc1nnn[nH]1)C1(C(=O)O)CS[C@@H]2C(NC(=O)NCc3ccc(Cl)c(Cl)c3)C(=O)N2C1. The van der Waals surface area contributed by atoms with Crippen molar-refractivity contribution in [1.82, 2.24) is 36.2 Å². The molecule has 4 N–H and O–H groups in total. The molecule has 15 heteroatoms. The summed E-state index contributed by atoms with van der Waals surface area (Å²) in [5.74, 6) is -1.04. The highest BCUT2D eigenvalue weighted by Gasteiger charge is 2.59. The standard InChI is InChI=1S/C18H19Cl2N7O4S2/c1-8(33-17-23-25-26-24-17)18(15(29)30)6-27-13(28)12(14(27)32-7-18)22-16(31)21-5-9-2-3-10(19)11(20)4-9/h2-4,8,12,14H,5-7H2,1H3,(H,29,30)(H2,21,22,31)(H,23,24,25,26)/t8?,12?,14-,18?/m1/s1. The molecule has 2 aliphatic rings. The highest BCUT2D eigenvalue weighted by Crippen LogP contribution is 2.47. The summed E-state index contributed by atoms with van der Waals surface area (Å²) >= 11 is 14.4. The lowest BCUT2D eigenvalue weighted by Crippen LogP contribution is -2.75. The zero-order valence-corrected chi connectivity index (χ0v) is 20.3. The maximum atomic E-state index is 12.7. The topological polar surface area (TPSA) is 153 Å². The maximum absolute atomic E-state index is 12.7. The molecule has 0 bridgehead atoms. The predicted octanol–water partition coefficient (Wildman–Crippen LogP) is 1.84. The van der Waals surface area contributed by atoms with E-state index in [0.29, 0.717) is 15.2 Å². The second-order valence-electron chi connectivity index (χ2n) is 7.65. The van der Waals surface area contributed by atoms with Crippen molar-refractivity contribution >= 4 is 64.6 Å². The molecule has 3 amide bonds. The van der Waals surface area contributed by atoms with Crippen molar-refractivity contribution in [1.29, 1.82) is 0 Å². The Kier molecular flexibility index (Phi) is 6.93. The fourth-order valence-corrected chi connectivity index (χ4v) is 6.74. The van der Waals surface area contributed by atoms with Gasteiger partial charge in [0.15, 0.2) is 0 Å². The Morgan fingerprint density at radius 2 is 2.21 bits per heavy atom. The van der Waals surface area contributed by atoms with E-state index in [1.165, 1.54) is 28.4 Å². The van der Waals surface area contributed by atoms with E-state index < -0.39 is 28.7 Å². The van der Waals surface area contributed by atoms with Crippen molar-refractivity contribution in [3.63, 3.8) is 0 Å². The summed E-state index contributed by atoms with van der Waals surface area (Å²) in [6.07, 6.45) is 0. The second-order valence-corrected chi connectivity index (χ2v) is 10.9. The molecule has 0 radical (unpaired) electrons. The Morgan fingerprint density at radius 1 is 1.42 bits per heavy atom. The normalized spacial score (nSPS) is 25.1. The fourth-order valence-electron chi connectivity index (χ4n) is 3.65. The number of nitrogens with one attached hydrogen (secondary N) is 3. The van der Waals surface area contributed by atoms with E-state index in [1.807, 2.05) is 0 Å². The van der Waals surface area contributed by atoms with Crippen LogP contribution in [0.15, 0.2) is 23.4 Å². The largest absolute Gasteiger partial charge is 0.481 e. The zero-order chi connectivity index (χ0) is 23.8. The summed E-state index contributed by atoms with van der Waals surface area (Å²) in [6, 6.07) is 3.80. The summed E-state index contributed by atoms with van der Waals surface area (Å²) in [5.41, 5.74) is -0.428. The summed E-state index contributed by atoms with van der Waals surface area (Å²) in [5, 5.41) is 29.2. The van der Waals surface area contributed by atoms with Gasteiger partial charge < -0.3 is 20.6 Å². The molecule has 3 unspecified atom stereocenters. The number of hydrogen-bond donors (Lipinski definition) is 4. The molecule has 2 aromatic rings. The first-order chi connectivity index (χ1) is 15.7. The van der Waals surface area contributed by atoms with Crippen molar-refractivity contribution in [2.75, 3.05) is 12.3 Å². The number of carbonyl (C=O) groups excluding carboxylic acids is 2. The molecule has 0 saturated carbocycles. The number of carboxylic acids is 1. The third-order valence-electron chi connectivity index (χ3n) is 5.65. The highest BCUT2D eigenvalue weighted by molar-refractivity contribution is 8.01. The molecule has 2 saturated heterocycles. The maximum Gasteiger partial charge on any atom is 0.315 e. The molecular weight excluding hydrogens is 513 g/mol. The van der Waals surface area contributed by atoms with E-state index in [0.717, 1.165) is 5.56 Å². The van der Waals surface area contributed by atoms with E-state index in [9.17, 15) is 19.5 Å². The Labute approximate surface area is 206 Å². The van der Waals surface area contributed by atoms with Crippen LogP contribution >= 0.6 is 46.7 Å². The van der Waals surface area contributed by atoms with E-state index in [1.54, 1.807) is 25.1 Å². The first kappa shape index (κ1) is 23.9. The van der Waals surface area contributed by atoms with E-state index in [4.69, 9.17) is 23.2 Å². The van der Waals surface area contributed by atoms with E-state index in [-0.39, 0.29) is 30.1 Å². The van der Waals surface area contributed by atoms with Crippen molar-refractivity contribution in [3.8, 4) is 0 Å². The van der Waals surface area contributed by atoms with Crippen LogP contribution in [0.5, 0.6) is 0 Å². The summed E-state index contributed by atoms with van der Waals surface area (Å²) in [6.45, 7) is 2.02. The number of aromatic amines is 1. The molecule has 3 heterocycles. The monoisotopic (exact) mass is 531 g/mol. The number of carboxylic acid groups (broad SMARTS) is 1. The number of carbonyl (C=O) groups is 3. The molecule has 2 aliphatic heterocycles. The van der Waals surface area contributed by atoms with Gasteiger partial charge in [0.2, 0.25) is 11.1 Å². The van der Waals surface area contributed by atoms with E-state index in [2.05, 4.69) is 31.3 Å². The Bertz CT molecular complexity index is 1080. The van der Waals surface area contributed by atoms with Crippen LogP contribution < -0.4 is 10.6 Å². The predicted molar refractivity (Wildman–Crippen MR) is 123 cm³/mol. The fraction of sp³-hybridized carbons (Fsp3) is 0.444. The number of fused-ring (bicyclic) bond motifs is 1. The van der Waals surface area contributed by atoms with Crippen LogP contribution in [-0.4, -0.2) is 77.5 Å². The quantitative estimate of drug-likeness (QED) is 0.309. The summed E-state index contributed by atoms with van der Waals surface area (Å²) in [7, 11) is 0. The number of H-pyrrole nitrogens is 1. The van der Waals surface area contributed by atoms with Crippen molar-refractivity contribution in [2.45, 2.75) is 35.3 Å². The first-order valence-electron chi connectivity index (χ1n) is 9.75. The number of hydrogen-bond acceptors (Lipinski definition) is 8. The number of nitrogens with zero attached hydrogens (tertiary/aromatic N) is 4. The average molecular weight is 532 g/mol. The number of β-lactam (4-membered cyclic amide) rings is 1. The number of aromatic nitrogens is 4. The van der Waals surface area contributed by atoms with Crippen LogP contribution in [0, 0.1) is 5.41 Å². The van der Waals surface area contributed by atoms with Gasteiger partial charge in [-0.05, 0) is 28.1 Å². The number of rotatable bonds is 7. The molecule has 33 heavy (non-hydrogen) atoms. The lowest BCUT2D eigenvalue weighted by molar-refractivity contribution is -0.157. The summed E-state index contributed by atoms with van der Waals surface area (Å²) < 4.78 is 0. The van der Waals surface area contributed by atoms with Crippen molar-refractivity contribution < 1.29 is 19.5 Å². The van der Waals surface area contributed by atoms with Gasteiger partial charge >= 0.3 is 12.0 Å².